The summed E-state index contributed by atoms with van der Waals surface area (Å²) in [6.07, 6.45) is 0. The van der Waals surface area contributed by atoms with Gasteiger partial charge in [0.2, 0.25) is 17.8 Å². The molecular formula is C11H20N6O2. The van der Waals surface area contributed by atoms with Crippen LogP contribution < -0.4 is 15.5 Å². The van der Waals surface area contributed by atoms with Crippen LogP contribution >= 0.6 is 0 Å². The zero-order chi connectivity index (χ0) is 13.7. The fourth-order valence-corrected chi connectivity index (χ4v) is 1.77. The molecule has 0 saturated carbocycles. The molecule has 0 spiro atoms. The fraction of sp³-hybridized carbons (Fsp3) is 0.727. The molecule has 1 aromatic heterocycles. The lowest BCUT2D eigenvalue weighted by Crippen LogP contribution is -2.38. The summed E-state index contributed by atoms with van der Waals surface area (Å²) in [4.78, 5) is 16.7. The number of hydrogen-bond acceptors (Lipinski definition) is 8. The van der Waals surface area contributed by atoms with Gasteiger partial charge in [-0.25, -0.2) is 0 Å². The van der Waals surface area contributed by atoms with E-state index in [0.717, 1.165) is 13.1 Å². The quantitative estimate of drug-likeness (QED) is 0.755. The summed E-state index contributed by atoms with van der Waals surface area (Å²) in [7, 11) is 3.56. The van der Waals surface area contributed by atoms with E-state index in [2.05, 4.69) is 19.9 Å². The van der Waals surface area contributed by atoms with E-state index in [0.29, 0.717) is 38.3 Å². The maximum atomic E-state index is 5.75. The number of methoxy groups -OCH3 is 1. The lowest BCUT2D eigenvalue weighted by molar-refractivity contribution is 0.122. The highest BCUT2D eigenvalue weighted by molar-refractivity contribution is 5.43. The molecule has 1 aliphatic heterocycles. The molecule has 0 unspecified atom stereocenters. The maximum absolute atomic E-state index is 5.75. The monoisotopic (exact) mass is 268 g/mol. The molecule has 8 nitrogen and oxygen atoms in total. The fourth-order valence-electron chi connectivity index (χ4n) is 1.77. The van der Waals surface area contributed by atoms with E-state index in [1.54, 1.807) is 7.11 Å². The molecule has 1 fully saturated rings. The number of nitrogens with zero attached hydrogens (tertiary/aromatic N) is 5. The van der Waals surface area contributed by atoms with Gasteiger partial charge in [-0.05, 0) is 0 Å². The Bertz CT molecular complexity index is 410. The number of anilines is 3. The SMILES string of the molecule is COCCN(C)c1nc(N)nc(N2CCOCC2)n1. The summed E-state index contributed by atoms with van der Waals surface area (Å²) < 4.78 is 10.4. The molecule has 2 heterocycles. The topological polar surface area (TPSA) is 89.6 Å². The van der Waals surface area contributed by atoms with Crippen LogP contribution in [0.15, 0.2) is 0 Å². The van der Waals surface area contributed by atoms with Crippen LogP contribution in [0, 0.1) is 0 Å². The highest BCUT2D eigenvalue weighted by Crippen LogP contribution is 2.15. The second kappa shape index (κ2) is 6.48. The minimum atomic E-state index is 0.232. The largest absolute Gasteiger partial charge is 0.383 e. The third-order valence-corrected chi connectivity index (χ3v) is 2.90. The molecule has 106 valence electrons. The van der Waals surface area contributed by atoms with Crippen molar-refractivity contribution in [3.05, 3.63) is 0 Å². The Labute approximate surface area is 112 Å². The van der Waals surface area contributed by atoms with Gasteiger partial charge in [-0.1, -0.05) is 0 Å². The van der Waals surface area contributed by atoms with Gasteiger partial charge in [0.25, 0.3) is 0 Å². The van der Waals surface area contributed by atoms with Crippen molar-refractivity contribution < 1.29 is 9.47 Å². The molecule has 8 heteroatoms. The Balaban J connectivity index is 2.13. The zero-order valence-electron chi connectivity index (χ0n) is 11.4. The van der Waals surface area contributed by atoms with E-state index in [-0.39, 0.29) is 5.95 Å². The van der Waals surface area contributed by atoms with Crippen molar-refractivity contribution in [1.29, 1.82) is 0 Å². The van der Waals surface area contributed by atoms with Crippen LogP contribution in [-0.2, 0) is 9.47 Å². The molecule has 1 aromatic rings. The van der Waals surface area contributed by atoms with E-state index in [4.69, 9.17) is 15.2 Å². The van der Waals surface area contributed by atoms with Gasteiger partial charge in [0.05, 0.1) is 19.8 Å². The first-order valence-corrected chi connectivity index (χ1v) is 6.25. The van der Waals surface area contributed by atoms with Crippen LogP contribution in [0.3, 0.4) is 0 Å². The molecule has 0 aromatic carbocycles. The molecule has 0 atom stereocenters. The first kappa shape index (κ1) is 13.8. The molecule has 0 radical (unpaired) electrons. The summed E-state index contributed by atoms with van der Waals surface area (Å²) in [5, 5.41) is 0. The molecule has 2 rings (SSSR count). The molecule has 19 heavy (non-hydrogen) atoms. The highest BCUT2D eigenvalue weighted by atomic mass is 16.5. The van der Waals surface area contributed by atoms with Crippen molar-refractivity contribution in [2.24, 2.45) is 0 Å². The summed E-state index contributed by atoms with van der Waals surface area (Å²) in [5.74, 6) is 1.40. The van der Waals surface area contributed by atoms with Gasteiger partial charge in [-0.3, -0.25) is 0 Å². The lowest BCUT2D eigenvalue weighted by atomic mass is 10.4. The summed E-state index contributed by atoms with van der Waals surface area (Å²) in [5.41, 5.74) is 5.75. The van der Waals surface area contributed by atoms with Gasteiger partial charge >= 0.3 is 0 Å². The standard InChI is InChI=1S/C11H20N6O2/c1-16(3-6-18-2)10-13-9(12)14-11(15-10)17-4-7-19-8-5-17/h3-8H2,1-2H3,(H2,12,13,14,15). The van der Waals surface area contributed by atoms with Crippen LogP contribution in [0.4, 0.5) is 17.8 Å². The summed E-state index contributed by atoms with van der Waals surface area (Å²) in [6, 6.07) is 0. The van der Waals surface area contributed by atoms with Crippen molar-refractivity contribution in [2.45, 2.75) is 0 Å². The van der Waals surface area contributed by atoms with Gasteiger partial charge in [-0.15, -0.1) is 0 Å². The minimum Gasteiger partial charge on any atom is -0.383 e. The van der Waals surface area contributed by atoms with Crippen molar-refractivity contribution in [3.63, 3.8) is 0 Å². The second-order valence-corrected chi connectivity index (χ2v) is 4.31. The average molecular weight is 268 g/mol. The number of morpholine rings is 1. The van der Waals surface area contributed by atoms with Crippen LogP contribution in [0.1, 0.15) is 0 Å². The molecule has 0 aliphatic carbocycles. The molecule has 0 amide bonds. The van der Waals surface area contributed by atoms with Crippen molar-refractivity contribution in [3.8, 4) is 0 Å². The number of likely N-dealkylation sites (N-methyl/N-ethyl adjacent to an activating group) is 1. The third-order valence-electron chi connectivity index (χ3n) is 2.90. The highest BCUT2D eigenvalue weighted by Gasteiger charge is 2.17. The maximum Gasteiger partial charge on any atom is 0.232 e. The predicted octanol–water partition coefficient (Wildman–Crippen LogP) is -0.627. The second-order valence-electron chi connectivity index (χ2n) is 4.31. The van der Waals surface area contributed by atoms with E-state index in [1.165, 1.54) is 0 Å². The minimum absolute atomic E-state index is 0.232. The summed E-state index contributed by atoms with van der Waals surface area (Å²) >= 11 is 0. The number of hydrogen-bond donors (Lipinski definition) is 1. The van der Waals surface area contributed by atoms with Crippen LogP contribution in [0.25, 0.3) is 0 Å². The molecule has 1 aliphatic rings. The van der Waals surface area contributed by atoms with E-state index >= 15 is 0 Å². The lowest BCUT2D eigenvalue weighted by Gasteiger charge is -2.27. The molecule has 0 bridgehead atoms. The number of rotatable bonds is 5. The van der Waals surface area contributed by atoms with Crippen LogP contribution in [0.2, 0.25) is 0 Å². The zero-order valence-corrected chi connectivity index (χ0v) is 11.4. The van der Waals surface area contributed by atoms with Gasteiger partial charge < -0.3 is 25.0 Å². The molecule has 2 N–H and O–H groups in total. The van der Waals surface area contributed by atoms with E-state index < -0.39 is 0 Å². The number of nitrogens with two attached hydrogens (primary N) is 1. The van der Waals surface area contributed by atoms with Gasteiger partial charge in [0, 0.05) is 33.8 Å². The van der Waals surface area contributed by atoms with Gasteiger partial charge in [-0.2, -0.15) is 15.0 Å². The normalized spacial score (nSPS) is 15.6. The smallest absolute Gasteiger partial charge is 0.232 e. The predicted molar refractivity (Wildman–Crippen MR) is 72.4 cm³/mol. The van der Waals surface area contributed by atoms with Crippen LogP contribution in [0.5, 0.6) is 0 Å². The van der Waals surface area contributed by atoms with Crippen molar-refractivity contribution in [1.82, 2.24) is 15.0 Å². The molecular weight excluding hydrogens is 248 g/mol. The number of ether oxygens (including phenoxy) is 2. The first-order valence-electron chi connectivity index (χ1n) is 6.25. The Hall–Kier alpha value is -1.67. The van der Waals surface area contributed by atoms with Crippen molar-refractivity contribution in [2.75, 3.05) is 69.1 Å². The third kappa shape index (κ3) is 3.65. The number of nitrogen functional groups attached to an aromatic ring is 1. The Kier molecular flexibility index (Phi) is 4.69. The van der Waals surface area contributed by atoms with Gasteiger partial charge in [0.1, 0.15) is 0 Å². The first-order chi connectivity index (χ1) is 9.20. The van der Waals surface area contributed by atoms with Crippen molar-refractivity contribution >= 4 is 17.8 Å². The number of aromatic nitrogens is 3. The molecule has 1 saturated heterocycles. The Morgan fingerprint density at radius 3 is 2.74 bits per heavy atom. The van der Waals surface area contributed by atoms with E-state index in [9.17, 15) is 0 Å². The summed E-state index contributed by atoms with van der Waals surface area (Å²) in [6.45, 7) is 4.20. The average Bonchev–Trinajstić information content (AvgIpc) is 2.45. The van der Waals surface area contributed by atoms with Crippen LogP contribution in [-0.4, -0.2) is 68.6 Å². The Morgan fingerprint density at radius 2 is 2.05 bits per heavy atom. The van der Waals surface area contributed by atoms with E-state index in [1.807, 2.05) is 11.9 Å². The van der Waals surface area contributed by atoms with Gasteiger partial charge in [0.15, 0.2) is 0 Å². The Morgan fingerprint density at radius 1 is 1.32 bits per heavy atom.